The smallest absolute Gasteiger partial charge is 0.220 e. The largest absolute Gasteiger partial charge is 0.353 e. The molecule has 2 saturated carbocycles. The fourth-order valence-electron chi connectivity index (χ4n) is 5.10. The van der Waals surface area contributed by atoms with E-state index in [9.17, 15) is 14.0 Å². The first-order valence-corrected chi connectivity index (χ1v) is 11.9. The van der Waals surface area contributed by atoms with Crippen molar-refractivity contribution in [2.75, 3.05) is 19.6 Å². The molecule has 3 aliphatic rings. The average molecular weight is 415 g/mol. The number of halogens is 1. The second kappa shape index (κ2) is 10.0. The summed E-state index contributed by atoms with van der Waals surface area (Å²) in [6.45, 7) is 3.06. The molecule has 1 aliphatic heterocycles. The fourth-order valence-corrected chi connectivity index (χ4v) is 5.10. The molecule has 4 nitrogen and oxygen atoms in total. The third-order valence-corrected chi connectivity index (χ3v) is 7.32. The van der Waals surface area contributed by atoms with Gasteiger partial charge in [0.1, 0.15) is 5.82 Å². The van der Waals surface area contributed by atoms with Gasteiger partial charge in [0.05, 0.1) is 0 Å². The van der Waals surface area contributed by atoms with Gasteiger partial charge in [-0.3, -0.25) is 9.59 Å². The molecule has 3 fully saturated rings. The number of hydrogen-bond acceptors (Lipinski definition) is 3. The van der Waals surface area contributed by atoms with Crippen molar-refractivity contribution in [2.45, 2.75) is 70.3 Å². The number of amides is 1. The fraction of sp³-hybridized carbons (Fsp3) is 0.680. The number of nitrogens with zero attached hydrogens (tertiary/aromatic N) is 1. The van der Waals surface area contributed by atoms with Gasteiger partial charge in [-0.2, -0.15) is 0 Å². The maximum Gasteiger partial charge on any atom is 0.220 e. The molecule has 1 aromatic carbocycles. The molecule has 0 atom stereocenters. The number of nitrogens with one attached hydrogen (secondary N) is 1. The molecule has 30 heavy (non-hydrogen) atoms. The molecule has 2 aliphatic carbocycles. The summed E-state index contributed by atoms with van der Waals surface area (Å²) in [7, 11) is 0. The monoisotopic (exact) mass is 414 g/mol. The Balaban J connectivity index is 1.11. The summed E-state index contributed by atoms with van der Waals surface area (Å²) in [4.78, 5) is 27.1. The molecule has 1 amide bonds. The van der Waals surface area contributed by atoms with Crippen molar-refractivity contribution >= 4 is 11.7 Å². The van der Waals surface area contributed by atoms with Crippen LogP contribution in [-0.4, -0.2) is 42.3 Å². The third kappa shape index (κ3) is 6.13. The van der Waals surface area contributed by atoms with Crippen LogP contribution in [0.1, 0.15) is 74.6 Å². The van der Waals surface area contributed by atoms with Gasteiger partial charge in [0.2, 0.25) is 5.91 Å². The van der Waals surface area contributed by atoms with Gasteiger partial charge in [0.25, 0.3) is 0 Å². The number of benzene rings is 1. The number of Topliss-reactive ketones (excluding diaryl/α,β-unsaturated/α-hetero) is 1. The molecule has 1 aromatic rings. The van der Waals surface area contributed by atoms with Gasteiger partial charge in [0.15, 0.2) is 5.78 Å². The van der Waals surface area contributed by atoms with E-state index in [1.165, 1.54) is 44.2 Å². The summed E-state index contributed by atoms with van der Waals surface area (Å²) in [6.07, 6.45) is 10.9. The summed E-state index contributed by atoms with van der Waals surface area (Å²) in [5.41, 5.74) is 0.635. The lowest BCUT2D eigenvalue weighted by molar-refractivity contribution is -0.122. The van der Waals surface area contributed by atoms with E-state index in [2.05, 4.69) is 10.2 Å². The minimum Gasteiger partial charge on any atom is -0.353 e. The molecule has 1 heterocycles. The lowest BCUT2D eigenvalue weighted by atomic mass is 9.83. The quantitative estimate of drug-likeness (QED) is 0.633. The number of piperidine rings is 1. The number of hydrogen-bond donors (Lipinski definition) is 1. The highest BCUT2D eigenvalue weighted by Gasteiger charge is 2.29. The van der Waals surface area contributed by atoms with Crippen LogP contribution < -0.4 is 5.32 Å². The van der Waals surface area contributed by atoms with Crippen LogP contribution in [0.15, 0.2) is 24.3 Å². The van der Waals surface area contributed by atoms with Gasteiger partial charge in [-0.15, -0.1) is 0 Å². The average Bonchev–Trinajstić information content (AvgIpc) is 3.57. The van der Waals surface area contributed by atoms with Crippen molar-refractivity contribution in [3.63, 3.8) is 0 Å². The van der Waals surface area contributed by atoms with Gasteiger partial charge < -0.3 is 10.2 Å². The zero-order chi connectivity index (χ0) is 20.9. The Morgan fingerprint density at radius 1 is 0.900 bits per heavy atom. The highest BCUT2D eigenvalue weighted by molar-refractivity contribution is 5.97. The van der Waals surface area contributed by atoms with Crippen molar-refractivity contribution in [1.29, 1.82) is 0 Å². The minimum absolute atomic E-state index is 0.0707. The highest BCUT2D eigenvalue weighted by atomic mass is 19.1. The maximum absolute atomic E-state index is 13.1. The van der Waals surface area contributed by atoms with Crippen LogP contribution in [-0.2, 0) is 4.79 Å². The van der Waals surface area contributed by atoms with Crippen molar-refractivity contribution < 1.29 is 14.0 Å². The summed E-state index contributed by atoms with van der Waals surface area (Å²) >= 11 is 0. The Morgan fingerprint density at radius 2 is 1.53 bits per heavy atom. The van der Waals surface area contributed by atoms with E-state index in [0.717, 1.165) is 57.7 Å². The molecule has 164 valence electrons. The summed E-state index contributed by atoms with van der Waals surface area (Å²) in [5.74, 6) is 1.63. The number of ketones is 1. The summed E-state index contributed by atoms with van der Waals surface area (Å²) in [5, 5.41) is 3.25. The van der Waals surface area contributed by atoms with Crippen molar-refractivity contribution in [2.24, 2.45) is 17.8 Å². The van der Waals surface area contributed by atoms with E-state index < -0.39 is 0 Å². The van der Waals surface area contributed by atoms with Crippen LogP contribution >= 0.6 is 0 Å². The van der Waals surface area contributed by atoms with Gasteiger partial charge in [-0.1, -0.05) is 0 Å². The van der Waals surface area contributed by atoms with Crippen LogP contribution in [0.3, 0.4) is 0 Å². The van der Waals surface area contributed by atoms with Gasteiger partial charge in [-0.05, 0) is 114 Å². The Bertz CT molecular complexity index is 715. The van der Waals surface area contributed by atoms with Gasteiger partial charge in [-0.25, -0.2) is 4.39 Å². The molecule has 4 rings (SSSR count). The first kappa shape index (κ1) is 21.5. The number of carbonyl (C=O) groups is 2. The van der Waals surface area contributed by atoms with E-state index in [1.54, 1.807) is 12.1 Å². The molecule has 1 N–H and O–H groups in total. The Morgan fingerprint density at radius 3 is 2.17 bits per heavy atom. The first-order valence-electron chi connectivity index (χ1n) is 11.9. The van der Waals surface area contributed by atoms with E-state index in [4.69, 9.17) is 0 Å². The maximum atomic E-state index is 13.1. The molecule has 1 saturated heterocycles. The number of likely N-dealkylation sites (tertiary alicyclic amines) is 1. The zero-order valence-electron chi connectivity index (χ0n) is 18.0. The Hall–Kier alpha value is -1.75. The molecule has 0 radical (unpaired) electrons. The molecule has 0 spiro atoms. The number of rotatable bonds is 8. The molecular weight excluding hydrogens is 379 g/mol. The minimum atomic E-state index is -0.295. The lowest BCUT2D eigenvalue weighted by Crippen LogP contribution is -2.39. The third-order valence-electron chi connectivity index (χ3n) is 7.32. The van der Waals surface area contributed by atoms with Crippen molar-refractivity contribution in [3.8, 4) is 0 Å². The van der Waals surface area contributed by atoms with Crippen LogP contribution in [0.5, 0.6) is 0 Å². The Labute approximate surface area is 179 Å². The van der Waals surface area contributed by atoms with Crippen LogP contribution in [0.25, 0.3) is 0 Å². The van der Waals surface area contributed by atoms with Gasteiger partial charge >= 0.3 is 0 Å². The zero-order valence-corrected chi connectivity index (χ0v) is 18.0. The van der Waals surface area contributed by atoms with E-state index in [0.29, 0.717) is 17.5 Å². The Kier molecular flexibility index (Phi) is 7.19. The molecule has 5 heteroatoms. The van der Waals surface area contributed by atoms with Crippen LogP contribution in [0, 0.1) is 23.6 Å². The normalized spacial score (nSPS) is 25.8. The molecular formula is C25H35FN2O2. The first-order chi connectivity index (χ1) is 14.6. The lowest BCUT2D eigenvalue weighted by Gasteiger charge is -2.34. The standard InChI is InChI=1S/C25H35FN2O2/c26-22-7-5-20(6-8-22)25(30)21-12-15-28(16-13-21)14-11-18-3-9-23(10-4-18)27-24(29)17-19-1-2-19/h5-8,18-19,21,23H,1-4,9-17H2,(H,27,29)/t18-,23-. The number of carbonyl (C=O) groups excluding carboxylic acids is 2. The predicted octanol–water partition coefficient (Wildman–Crippen LogP) is 4.59. The van der Waals surface area contributed by atoms with Crippen LogP contribution in [0.4, 0.5) is 4.39 Å². The summed E-state index contributed by atoms with van der Waals surface area (Å²) in [6, 6.07) is 6.34. The van der Waals surface area contributed by atoms with Gasteiger partial charge in [0, 0.05) is 23.9 Å². The van der Waals surface area contributed by atoms with E-state index in [-0.39, 0.29) is 23.4 Å². The SMILES string of the molecule is O=C(CC1CC1)N[C@H]1CC[C@H](CCN2CCC(C(=O)c3ccc(F)cc3)CC2)CC1. The van der Waals surface area contributed by atoms with E-state index in [1.807, 2.05) is 0 Å². The van der Waals surface area contributed by atoms with Crippen molar-refractivity contribution in [1.82, 2.24) is 10.2 Å². The molecule has 0 bridgehead atoms. The molecule has 0 unspecified atom stereocenters. The highest BCUT2D eigenvalue weighted by Crippen LogP contribution is 2.33. The summed E-state index contributed by atoms with van der Waals surface area (Å²) < 4.78 is 13.1. The van der Waals surface area contributed by atoms with E-state index >= 15 is 0 Å². The predicted molar refractivity (Wildman–Crippen MR) is 116 cm³/mol. The van der Waals surface area contributed by atoms with Crippen LogP contribution in [0.2, 0.25) is 0 Å². The second-order valence-corrected chi connectivity index (χ2v) is 9.71. The second-order valence-electron chi connectivity index (χ2n) is 9.71. The molecule has 0 aromatic heterocycles. The van der Waals surface area contributed by atoms with Crippen molar-refractivity contribution in [3.05, 3.63) is 35.6 Å². The topological polar surface area (TPSA) is 49.4 Å².